The Labute approximate surface area is 231 Å². The van der Waals surface area contributed by atoms with E-state index in [1.807, 2.05) is 45.9 Å². The number of ether oxygens (including phenoxy) is 1. The van der Waals surface area contributed by atoms with E-state index in [1.54, 1.807) is 18.3 Å². The topological polar surface area (TPSA) is 120 Å². The minimum atomic E-state index is -0.674. The Morgan fingerprint density at radius 1 is 1.23 bits per heavy atom. The van der Waals surface area contributed by atoms with Crippen molar-refractivity contribution < 1.29 is 23.6 Å². The lowest BCUT2D eigenvalue weighted by Crippen LogP contribution is -2.41. The molecule has 39 heavy (non-hydrogen) atoms. The quantitative estimate of drug-likeness (QED) is 0.451. The monoisotopic (exact) mass is 552 g/mol. The summed E-state index contributed by atoms with van der Waals surface area (Å²) >= 11 is 6.84. The van der Waals surface area contributed by atoms with Crippen molar-refractivity contribution in [3.63, 3.8) is 0 Å². The molecule has 2 amide bonds. The van der Waals surface area contributed by atoms with Crippen LogP contribution in [-0.2, 0) is 25.4 Å². The van der Waals surface area contributed by atoms with Gasteiger partial charge in [-0.1, -0.05) is 29.8 Å². The van der Waals surface area contributed by atoms with Crippen LogP contribution >= 0.6 is 11.6 Å². The molecule has 0 saturated carbocycles. The number of amides is 2. The molecule has 0 radical (unpaired) electrons. The smallest absolute Gasteiger partial charge is 0.444 e. The van der Waals surface area contributed by atoms with Crippen molar-refractivity contribution in [3.8, 4) is 11.1 Å². The van der Waals surface area contributed by atoms with Crippen molar-refractivity contribution in [2.45, 2.75) is 64.4 Å². The van der Waals surface area contributed by atoms with E-state index in [0.29, 0.717) is 23.5 Å². The molecular formula is C27H30BClN4O6. The van der Waals surface area contributed by atoms with E-state index in [4.69, 9.17) is 25.6 Å². The fraction of sp³-hybridized carbons (Fsp3) is 0.407. The van der Waals surface area contributed by atoms with Crippen molar-refractivity contribution in [3.05, 3.63) is 63.7 Å². The van der Waals surface area contributed by atoms with Gasteiger partial charge in [0.05, 0.1) is 16.8 Å². The van der Waals surface area contributed by atoms with Crippen molar-refractivity contribution in [2.24, 2.45) is 0 Å². The third-order valence-electron chi connectivity index (χ3n) is 7.56. The maximum Gasteiger partial charge on any atom is 0.496 e. The number of rotatable bonds is 6. The Hall–Kier alpha value is -3.41. The van der Waals surface area contributed by atoms with Crippen LogP contribution < -0.4 is 21.7 Å². The second kappa shape index (κ2) is 10.3. The minimum Gasteiger partial charge on any atom is -0.444 e. The largest absolute Gasteiger partial charge is 0.496 e. The molecule has 1 aromatic carbocycles. The summed E-state index contributed by atoms with van der Waals surface area (Å²) in [6, 6.07) is 9.08. The van der Waals surface area contributed by atoms with E-state index in [0.717, 1.165) is 16.6 Å². The Kier molecular flexibility index (Phi) is 7.17. The molecule has 2 saturated heterocycles. The summed E-state index contributed by atoms with van der Waals surface area (Å²) in [5, 5.41) is 5.86. The zero-order valence-corrected chi connectivity index (χ0v) is 23.0. The van der Waals surface area contributed by atoms with Crippen molar-refractivity contribution in [2.75, 3.05) is 6.54 Å². The van der Waals surface area contributed by atoms with Crippen LogP contribution in [0.2, 0.25) is 5.02 Å². The molecule has 2 aliphatic heterocycles. The number of nitrogens with one attached hydrogen (secondary N) is 2. The van der Waals surface area contributed by atoms with Crippen molar-refractivity contribution >= 4 is 41.8 Å². The Bertz CT molecular complexity index is 1490. The normalized spacial score (nSPS) is 19.8. The van der Waals surface area contributed by atoms with Gasteiger partial charge in [0.15, 0.2) is 0 Å². The first kappa shape index (κ1) is 27.2. The molecule has 2 N–H and O–H groups in total. The zero-order chi connectivity index (χ0) is 27.9. The predicted octanol–water partition coefficient (Wildman–Crippen LogP) is 2.82. The first-order valence-electron chi connectivity index (χ1n) is 12.8. The lowest BCUT2D eigenvalue weighted by molar-refractivity contribution is -0.119. The van der Waals surface area contributed by atoms with E-state index in [2.05, 4.69) is 15.6 Å². The number of alkyl carbamates (subject to hydrolysis) is 1. The van der Waals surface area contributed by atoms with E-state index in [-0.39, 0.29) is 36.2 Å². The SMILES string of the molecule is CC1(C)OB(c2cccc(-c3ccn4c(=O)c(COC(=O)NCC5CCC(=O)N5)cnc4c3)c2Cl)OC1(C)C. The number of aromatic nitrogens is 2. The number of pyridine rings is 1. The lowest BCUT2D eigenvalue weighted by atomic mass is 9.78. The molecular weight excluding hydrogens is 523 g/mol. The highest BCUT2D eigenvalue weighted by atomic mass is 35.5. The average molecular weight is 553 g/mol. The average Bonchev–Trinajstić information content (AvgIpc) is 3.40. The summed E-state index contributed by atoms with van der Waals surface area (Å²) in [6.45, 7) is 7.98. The van der Waals surface area contributed by atoms with Crippen LogP contribution in [0.3, 0.4) is 0 Å². The molecule has 10 nitrogen and oxygen atoms in total. The first-order chi connectivity index (χ1) is 18.4. The highest BCUT2D eigenvalue weighted by Crippen LogP contribution is 2.38. The maximum absolute atomic E-state index is 13.0. The molecule has 1 atom stereocenters. The van der Waals surface area contributed by atoms with Crippen LogP contribution in [0.25, 0.3) is 16.8 Å². The molecule has 3 aromatic rings. The fourth-order valence-corrected chi connectivity index (χ4v) is 4.86. The molecule has 4 heterocycles. The second-order valence-electron chi connectivity index (χ2n) is 10.8. The summed E-state index contributed by atoms with van der Waals surface area (Å²) < 4.78 is 18.9. The molecule has 12 heteroatoms. The number of hydrogen-bond donors (Lipinski definition) is 2. The molecule has 0 bridgehead atoms. The van der Waals surface area contributed by atoms with E-state index >= 15 is 0 Å². The third-order valence-corrected chi connectivity index (χ3v) is 7.99. The first-order valence-corrected chi connectivity index (χ1v) is 13.2. The van der Waals surface area contributed by atoms with E-state index in [1.165, 1.54) is 10.6 Å². The molecule has 2 fully saturated rings. The summed E-state index contributed by atoms with van der Waals surface area (Å²) in [6.07, 6.45) is 3.44. The molecule has 2 aliphatic rings. The Morgan fingerprint density at radius 2 is 1.97 bits per heavy atom. The number of halogens is 1. The van der Waals surface area contributed by atoms with Crippen LogP contribution in [-0.4, -0.2) is 52.3 Å². The Balaban J connectivity index is 1.31. The van der Waals surface area contributed by atoms with Gasteiger partial charge in [-0.15, -0.1) is 0 Å². The van der Waals surface area contributed by atoms with Crippen LogP contribution in [0.4, 0.5) is 4.79 Å². The zero-order valence-electron chi connectivity index (χ0n) is 22.2. The highest BCUT2D eigenvalue weighted by molar-refractivity contribution is 6.66. The number of carbonyl (C=O) groups excluding carboxylic acids is 2. The predicted molar refractivity (Wildman–Crippen MR) is 147 cm³/mol. The van der Waals surface area contributed by atoms with Gasteiger partial charge in [0, 0.05) is 47.4 Å². The number of benzene rings is 1. The van der Waals surface area contributed by atoms with Gasteiger partial charge in [0.25, 0.3) is 5.56 Å². The van der Waals surface area contributed by atoms with Crippen LogP contribution in [0.15, 0.2) is 47.5 Å². The van der Waals surface area contributed by atoms with Gasteiger partial charge in [0.1, 0.15) is 12.3 Å². The summed E-state index contributed by atoms with van der Waals surface area (Å²) in [7, 11) is -0.611. The molecule has 204 valence electrons. The van der Waals surface area contributed by atoms with E-state index in [9.17, 15) is 14.4 Å². The van der Waals surface area contributed by atoms with Gasteiger partial charge >= 0.3 is 13.2 Å². The summed E-state index contributed by atoms with van der Waals surface area (Å²) in [5.41, 5.74) is 1.54. The van der Waals surface area contributed by atoms with Gasteiger partial charge in [-0.25, -0.2) is 9.78 Å². The van der Waals surface area contributed by atoms with Gasteiger partial charge in [-0.05, 0) is 51.8 Å². The van der Waals surface area contributed by atoms with Crippen LogP contribution in [0.1, 0.15) is 46.1 Å². The van der Waals surface area contributed by atoms with Crippen molar-refractivity contribution in [1.29, 1.82) is 0 Å². The molecule has 2 aromatic heterocycles. The number of hydrogen-bond acceptors (Lipinski definition) is 7. The Morgan fingerprint density at radius 3 is 2.67 bits per heavy atom. The van der Waals surface area contributed by atoms with Crippen LogP contribution in [0, 0.1) is 0 Å². The van der Waals surface area contributed by atoms with Gasteiger partial charge in [-0.2, -0.15) is 0 Å². The summed E-state index contributed by atoms with van der Waals surface area (Å²) in [4.78, 5) is 40.7. The second-order valence-corrected chi connectivity index (χ2v) is 11.2. The lowest BCUT2D eigenvalue weighted by Gasteiger charge is -2.32. The standard InChI is InChI=1S/C27H30BClN4O6/c1-26(2)27(3,4)39-28(38-26)20-7-5-6-19(23(20)29)16-10-11-33-21(12-16)30-13-17(24(33)35)15-37-25(36)31-14-18-8-9-22(34)32-18/h5-7,10-13,18H,8-9,14-15H2,1-4H3,(H,31,36)(H,32,34). The van der Waals surface area contributed by atoms with Gasteiger partial charge in [-0.3, -0.25) is 14.0 Å². The van der Waals surface area contributed by atoms with Crippen molar-refractivity contribution in [1.82, 2.24) is 20.0 Å². The minimum absolute atomic E-state index is 0.0338. The number of fused-ring (bicyclic) bond motifs is 1. The molecule has 1 unspecified atom stereocenters. The third kappa shape index (κ3) is 5.39. The van der Waals surface area contributed by atoms with Gasteiger partial charge < -0.3 is 24.7 Å². The number of carbonyl (C=O) groups is 2. The summed E-state index contributed by atoms with van der Waals surface area (Å²) in [5.74, 6) is -0.0338. The molecule has 0 spiro atoms. The van der Waals surface area contributed by atoms with Crippen LogP contribution in [0.5, 0.6) is 0 Å². The van der Waals surface area contributed by atoms with E-state index < -0.39 is 24.4 Å². The molecule has 5 rings (SSSR count). The number of nitrogens with zero attached hydrogens (tertiary/aromatic N) is 2. The highest BCUT2D eigenvalue weighted by Gasteiger charge is 2.52. The van der Waals surface area contributed by atoms with Gasteiger partial charge in [0.2, 0.25) is 5.91 Å². The molecule has 0 aliphatic carbocycles. The maximum atomic E-state index is 13.0. The fourth-order valence-electron chi connectivity index (χ4n) is 4.54.